The predicted molar refractivity (Wildman–Crippen MR) is 119 cm³/mol. The Kier molecular flexibility index (Phi) is 6.96. The Labute approximate surface area is 178 Å². The average Bonchev–Trinajstić information content (AvgIpc) is 3.09. The van der Waals surface area contributed by atoms with E-state index in [0.29, 0.717) is 36.3 Å². The smallest absolute Gasteiger partial charge is 0.251 e. The van der Waals surface area contributed by atoms with Gasteiger partial charge in [-0.05, 0) is 57.2 Å². The topological polar surface area (TPSA) is 54.5 Å². The number of benzene rings is 1. The van der Waals surface area contributed by atoms with E-state index in [1.165, 1.54) is 6.42 Å². The molecule has 158 valence electrons. The van der Waals surface area contributed by atoms with Gasteiger partial charge in [0, 0.05) is 36.1 Å². The molecule has 1 amide bonds. The fraction of sp³-hybridized carbons (Fsp3) is 0.565. The predicted octanol–water partition coefficient (Wildman–Crippen LogP) is 4.52. The summed E-state index contributed by atoms with van der Waals surface area (Å²) in [5.74, 6) is 2.01. The highest BCUT2D eigenvalue weighted by atomic mass is 32.1. The molecule has 0 aliphatic carbocycles. The fourth-order valence-corrected chi connectivity index (χ4v) is 4.62. The van der Waals surface area contributed by atoms with Crippen molar-refractivity contribution in [2.24, 2.45) is 11.8 Å². The molecule has 1 N–H and O–H groups in total. The molecule has 6 heteroatoms. The van der Waals surface area contributed by atoms with Crippen LogP contribution < -0.4 is 10.1 Å². The van der Waals surface area contributed by atoms with Crippen LogP contribution >= 0.6 is 11.3 Å². The van der Waals surface area contributed by atoms with Crippen molar-refractivity contribution in [3.05, 3.63) is 45.9 Å². The number of nitrogens with zero attached hydrogens (tertiary/aromatic N) is 2. The molecule has 1 saturated heterocycles. The molecule has 0 bridgehead atoms. The summed E-state index contributed by atoms with van der Waals surface area (Å²) in [7, 11) is 0. The maximum absolute atomic E-state index is 12.7. The van der Waals surface area contributed by atoms with E-state index >= 15 is 0 Å². The summed E-state index contributed by atoms with van der Waals surface area (Å²) in [4.78, 5) is 19.7. The Morgan fingerprint density at radius 3 is 2.69 bits per heavy atom. The van der Waals surface area contributed by atoms with Crippen molar-refractivity contribution in [3.63, 3.8) is 0 Å². The van der Waals surface area contributed by atoms with Crippen LogP contribution in [0.3, 0.4) is 0 Å². The molecular weight excluding hydrogens is 382 g/mol. The van der Waals surface area contributed by atoms with Gasteiger partial charge in [0.05, 0.1) is 10.7 Å². The Morgan fingerprint density at radius 1 is 1.31 bits per heavy atom. The zero-order valence-electron chi connectivity index (χ0n) is 18.2. The Bertz CT molecular complexity index is 823. The highest BCUT2D eigenvalue weighted by Gasteiger charge is 2.32. The van der Waals surface area contributed by atoms with Gasteiger partial charge in [-0.3, -0.25) is 9.69 Å². The first kappa shape index (κ1) is 21.8. The summed E-state index contributed by atoms with van der Waals surface area (Å²) < 4.78 is 5.82. The van der Waals surface area contributed by atoms with Gasteiger partial charge in [-0.25, -0.2) is 4.98 Å². The standard InChI is InChI=1S/C23H33N3O2S/c1-16-9-17(2)12-26(11-16)23(4,5)15-24-22(27)19-7-6-8-21(10-19)28-13-20-14-29-18(3)25-20/h6-8,10,14,16-17H,9,11-13,15H2,1-5H3,(H,24,27). The number of amides is 1. The molecule has 2 heterocycles. The van der Waals surface area contributed by atoms with Gasteiger partial charge in [-0.1, -0.05) is 19.9 Å². The van der Waals surface area contributed by atoms with Crippen LogP contribution in [0.5, 0.6) is 5.75 Å². The molecule has 1 aliphatic heterocycles. The minimum atomic E-state index is -0.0742. The lowest BCUT2D eigenvalue weighted by atomic mass is 9.88. The summed E-state index contributed by atoms with van der Waals surface area (Å²) in [5.41, 5.74) is 1.46. The minimum Gasteiger partial charge on any atom is -0.487 e. The van der Waals surface area contributed by atoms with Crippen molar-refractivity contribution in [2.45, 2.75) is 53.2 Å². The van der Waals surface area contributed by atoms with E-state index in [0.717, 1.165) is 23.8 Å². The van der Waals surface area contributed by atoms with Gasteiger partial charge in [0.2, 0.25) is 0 Å². The van der Waals surface area contributed by atoms with Crippen molar-refractivity contribution >= 4 is 17.2 Å². The molecule has 0 spiro atoms. The Morgan fingerprint density at radius 2 is 2.03 bits per heavy atom. The number of ether oxygens (including phenoxy) is 1. The van der Waals surface area contributed by atoms with E-state index in [1.54, 1.807) is 17.4 Å². The molecule has 5 nitrogen and oxygen atoms in total. The first-order valence-corrected chi connectivity index (χ1v) is 11.3. The fourth-order valence-electron chi connectivity index (χ4n) is 4.03. The van der Waals surface area contributed by atoms with E-state index in [2.05, 4.69) is 42.9 Å². The molecule has 29 heavy (non-hydrogen) atoms. The number of likely N-dealkylation sites (tertiary alicyclic amines) is 1. The van der Waals surface area contributed by atoms with Crippen LogP contribution in [0.15, 0.2) is 29.6 Å². The Hall–Kier alpha value is -1.92. The van der Waals surface area contributed by atoms with Gasteiger partial charge < -0.3 is 10.1 Å². The summed E-state index contributed by atoms with van der Waals surface area (Å²) in [5, 5.41) is 6.14. The molecule has 3 rings (SSSR count). The van der Waals surface area contributed by atoms with Crippen molar-refractivity contribution in [1.82, 2.24) is 15.2 Å². The van der Waals surface area contributed by atoms with Crippen LogP contribution in [0.25, 0.3) is 0 Å². The van der Waals surface area contributed by atoms with Crippen molar-refractivity contribution in [3.8, 4) is 5.75 Å². The summed E-state index contributed by atoms with van der Waals surface area (Å²) in [6.45, 7) is 14.2. The SMILES string of the molecule is Cc1nc(COc2cccc(C(=O)NCC(C)(C)N3CC(C)CC(C)C3)c2)cs1. The summed E-state index contributed by atoms with van der Waals surface area (Å²) in [6.07, 6.45) is 1.28. The third-order valence-electron chi connectivity index (χ3n) is 5.56. The van der Waals surface area contributed by atoms with Gasteiger partial charge in [0.25, 0.3) is 5.91 Å². The number of piperidine rings is 1. The number of carbonyl (C=O) groups is 1. The molecule has 1 aromatic carbocycles. The number of thiazole rings is 1. The monoisotopic (exact) mass is 415 g/mol. The number of carbonyl (C=O) groups excluding carboxylic acids is 1. The molecule has 1 aliphatic rings. The maximum Gasteiger partial charge on any atom is 0.251 e. The third-order valence-corrected chi connectivity index (χ3v) is 6.38. The zero-order valence-corrected chi connectivity index (χ0v) is 19.0. The average molecular weight is 416 g/mol. The maximum atomic E-state index is 12.7. The van der Waals surface area contributed by atoms with Crippen LogP contribution in [0.1, 0.15) is 55.2 Å². The highest BCUT2D eigenvalue weighted by Crippen LogP contribution is 2.27. The molecule has 0 radical (unpaired) electrons. The molecule has 2 unspecified atom stereocenters. The first-order valence-electron chi connectivity index (χ1n) is 10.4. The van der Waals surface area contributed by atoms with Crippen LogP contribution in [0.2, 0.25) is 0 Å². The number of aryl methyl sites for hydroxylation is 1. The molecule has 0 saturated carbocycles. The van der Waals surface area contributed by atoms with Gasteiger partial charge in [0.15, 0.2) is 0 Å². The van der Waals surface area contributed by atoms with Crippen LogP contribution in [0.4, 0.5) is 0 Å². The second kappa shape index (κ2) is 9.26. The number of nitrogens with one attached hydrogen (secondary N) is 1. The number of aromatic nitrogens is 1. The molecular formula is C23H33N3O2S. The lowest BCUT2D eigenvalue weighted by molar-refractivity contribution is 0.0445. The second-order valence-corrected chi connectivity index (χ2v) is 10.1. The molecule has 2 atom stereocenters. The van der Waals surface area contributed by atoms with Crippen molar-refractivity contribution in [1.29, 1.82) is 0 Å². The van der Waals surface area contributed by atoms with Crippen molar-refractivity contribution < 1.29 is 9.53 Å². The summed E-state index contributed by atoms with van der Waals surface area (Å²) >= 11 is 1.61. The summed E-state index contributed by atoms with van der Waals surface area (Å²) in [6, 6.07) is 7.35. The van der Waals surface area contributed by atoms with E-state index in [-0.39, 0.29) is 11.4 Å². The van der Waals surface area contributed by atoms with Crippen LogP contribution in [-0.4, -0.2) is 41.0 Å². The minimum absolute atomic E-state index is 0.0638. The zero-order chi connectivity index (χ0) is 21.0. The van der Waals surface area contributed by atoms with E-state index in [4.69, 9.17) is 4.74 Å². The van der Waals surface area contributed by atoms with E-state index in [9.17, 15) is 4.79 Å². The number of rotatable bonds is 7. The Balaban J connectivity index is 1.56. The normalized spacial score (nSPS) is 20.4. The molecule has 1 aromatic heterocycles. The quantitative estimate of drug-likeness (QED) is 0.722. The first-order chi connectivity index (χ1) is 13.7. The number of hydrogen-bond donors (Lipinski definition) is 1. The van der Waals surface area contributed by atoms with E-state index < -0.39 is 0 Å². The highest BCUT2D eigenvalue weighted by molar-refractivity contribution is 7.09. The van der Waals surface area contributed by atoms with Gasteiger partial charge >= 0.3 is 0 Å². The van der Waals surface area contributed by atoms with Crippen molar-refractivity contribution in [2.75, 3.05) is 19.6 Å². The third kappa shape index (κ3) is 6.03. The van der Waals surface area contributed by atoms with Gasteiger partial charge in [0.1, 0.15) is 12.4 Å². The van der Waals surface area contributed by atoms with Gasteiger partial charge in [-0.15, -0.1) is 11.3 Å². The van der Waals surface area contributed by atoms with E-state index in [1.807, 2.05) is 30.5 Å². The lowest BCUT2D eigenvalue weighted by Crippen LogP contribution is -2.56. The molecule has 2 aromatic rings. The molecule has 1 fully saturated rings. The lowest BCUT2D eigenvalue weighted by Gasteiger charge is -2.45. The van der Waals surface area contributed by atoms with Crippen LogP contribution in [-0.2, 0) is 6.61 Å². The van der Waals surface area contributed by atoms with Gasteiger partial charge in [-0.2, -0.15) is 0 Å². The number of hydrogen-bond acceptors (Lipinski definition) is 5. The second-order valence-electron chi connectivity index (χ2n) is 9.02. The largest absolute Gasteiger partial charge is 0.487 e. The van der Waals surface area contributed by atoms with Crippen LogP contribution in [0, 0.1) is 18.8 Å².